The number of nitrogens with one attached hydrogen (secondary N) is 1. The third-order valence-electron chi connectivity index (χ3n) is 3.15. The van der Waals surface area contributed by atoms with Gasteiger partial charge in [0.1, 0.15) is 0 Å². The molecule has 5 heteroatoms. The third kappa shape index (κ3) is 5.31. The van der Waals surface area contributed by atoms with Crippen LogP contribution in [0.4, 0.5) is 0 Å². The smallest absolute Gasteiger partial charge is 0.328 e. The van der Waals surface area contributed by atoms with E-state index in [2.05, 4.69) is 5.32 Å². The molecule has 1 saturated carbocycles. The van der Waals surface area contributed by atoms with Gasteiger partial charge in [0.05, 0.1) is 0 Å². The van der Waals surface area contributed by atoms with Gasteiger partial charge in [-0.15, -0.1) is 0 Å². The zero-order valence-corrected chi connectivity index (χ0v) is 10.8. The predicted octanol–water partition coefficient (Wildman–Crippen LogP) is 1.34. The highest BCUT2D eigenvalue weighted by Crippen LogP contribution is 2.28. The Kier molecular flexibility index (Phi) is 6.43. The molecule has 1 rings (SSSR count). The number of allylic oxidation sites excluding steroid dienone is 1. The number of hydrogen-bond acceptors (Lipinski definition) is 3. The van der Waals surface area contributed by atoms with Crippen LogP contribution in [-0.2, 0) is 14.3 Å². The molecule has 0 radical (unpaired) electrons. The van der Waals surface area contributed by atoms with Gasteiger partial charge in [-0.25, -0.2) is 4.79 Å². The number of carbonyl (C=O) groups is 2. The molecule has 0 heterocycles. The van der Waals surface area contributed by atoms with Crippen LogP contribution < -0.4 is 5.32 Å². The molecule has 1 aliphatic carbocycles. The Morgan fingerprint density at radius 3 is 2.67 bits per heavy atom. The molecule has 2 N–H and O–H groups in total. The Labute approximate surface area is 107 Å². The molecule has 0 aromatic heterocycles. The lowest BCUT2D eigenvalue weighted by atomic mass is 9.85. The highest BCUT2D eigenvalue weighted by Gasteiger charge is 2.23. The van der Waals surface area contributed by atoms with Crippen molar-refractivity contribution in [1.82, 2.24) is 5.32 Å². The number of hydrogen-bond donors (Lipinski definition) is 2. The number of amides is 1. The van der Waals surface area contributed by atoms with Crippen LogP contribution in [0.5, 0.6) is 0 Å². The van der Waals surface area contributed by atoms with Crippen molar-refractivity contribution in [3.05, 3.63) is 11.6 Å². The van der Waals surface area contributed by atoms with Crippen molar-refractivity contribution in [2.75, 3.05) is 20.3 Å². The van der Waals surface area contributed by atoms with E-state index in [1.54, 1.807) is 7.11 Å². The van der Waals surface area contributed by atoms with Crippen LogP contribution >= 0.6 is 0 Å². The first-order chi connectivity index (χ1) is 8.63. The van der Waals surface area contributed by atoms with Crippen LogP contribution in [0.3, 0.4) is 0 Å². The minimum absolute atomic E-state index is 0.0264. The topological polar surface area (TPSA) is 75.6 Å². The van der Waals surface area contributed by atoms with Crippen LogP contribution in [0.25, 0.3) is 0 Å². The average molecular weight is 255 g/mol. The summed E-state index contributed by atoms with van der Waals surface area (Å²) in [6.07, 6.45) is 5.00. The summed E-state index contributed by atoms with van der Waals surface area (Å²) < 4.78 is 4.91. The number of carboxylic acids is 1. The van der Waals surface area contributed by atoms with E-state index in [1.165, 1.54) is 6.08 Å². The number of rotatable bonds is 6. The Balaban J connectivity index is 2.25. The Hall–Kier alpha value is -1.36. The number of carboxylic acid groups (broad SMARTS) is 1. The van der Waals surface area contributed by atoms with Crippen molar-refractivity contribution in [3.63, 3.8) is 0 Å². The maximum Gasteiger partial charge on any atom is 0.328 e. The minimum Gasteiger partial charge on any atom is -0.478 e. The number of carbonyl (C=O) groups excluding carboxylic acids is 1. The molecule has 0 aromatic rings. The van der Waals surface area contributed by atoms with Gasteiger partial charge in [0.2, 0.25) is 5.91 Å². The maximum absolute atomic E-state index is 11.8. The van der Waals surface area contributed by atoms with Gasteiger partial charge in [0.25, 0.3) is 0 Å². The number of methoxy groups -OCH3 is 1. The normalized spacial score (nSPS) is 19.4. The van der Waals surface area contributed by atoms with Gasteiger partial charge >= 0.3 is 5.97 Å². The van der Waals surface area contributed by atoms with Crippen LogP contribution in [0.1, 0.15) is 32.1 Å². The van der Waals surface area contributed by atoms with E-state index in [1.807, 2.05) is 0 Å². The molecule has 0 aliphatic heterocycles. The van der Waals surface area contributed by atoms with Crippen LogP contribution in [0, 0.1) is 5.92 Å². The molecule has 0 unspecified atom stereocenters. The molecule has 1 fully saturated rings. The van der Waals surface area contributed by atoms with E-state index in [0.29, 0.717) is 26.0 Å². The quantitative estimate of drug-likeness (QED) is 0.555. The van der Waals surface area contributed by atoms with Crippen molar-refractivity contribution in [1.29, 1.82) is 0 Å². The Morgan fingerprint density at radius 1 is 1.44 bits per heavy atom. The van der Waals surface area contributed by atoms with Gasteiger partial charge in [-0.3, -0.25) is 4.79 Å². The number of ether oxygens (including phenoxy) is 1. The molecule has 102 valence electrons. The van der Waals surface area contributed by atoms with Gasteiger partial charge in [-0.1, -0.05) is 5.57 Å². The first-order valence-electron chi connectivity index (χ1n) is 6.32. The van der Waals surface area contributed by atoms with Crippen molar-refractivity contribution in [2.24, 2.45) is 5.92 Å². The van der Waals surface area contributed by atoms with Crippen LogP contribution in [0.15, 0.2) is 11.6 Å². The van der Waals surface area contributed by atoms with E-state index in [9.17, 15) is 9.59 Å². The Bertz CT molecular complexity index is 315. The lowest BCUT2D eigenvalue weighted by molar-refractivity contribution is -0.131. The zero-order chi connectivity index (χ0) is 13.4. The molecule has 0 aromatic carbocycles. The van der Waals surface area contributed by atoms with Crippen LogP contribution in [0.2, 0.25) is 0 Å². The zero-order valence-electron chi connectivity index (χ0n) is 10.8. The highest BCUT2D eigenvalue weighted by atomic mass is 16.5. The lowest BCUT2D eigenvalue weighted by Gasteiger charge is -2.22. The molecule has 0 saturated heterocycles. The van der Waals surface area contributed by atoms with Gasteiger partial charge in [0, 0.05) is 32.3 Å². The van der Waals surface area contributed by atoms with Crippen molar-refractivity contribution in [2.45, 2.75) is 32.1 Å². The molecule has 0 spiro atoms. The van der Waals surface area contributed by atoms with E-state index in [-0.39, 0.29) is 11.8 Å². The summed E-state index contributed by atoms with van der Waals surface area (Å²) in [5.74, 6) is -0.786. The molecule has 1 amide bonds. The summed E-state index contributed by atoms with van der Waals surface area (Å²) in [7, 11) is 1.64. The molecular formula is C13H21NO4. The van der Waals surface area contributed by atoms with E-state index >= 15 is 0 Å². The fraction of sp³-hybridized carbons (Fsp3) is 0.692. The van der Waals surface area contributed by atoms with Crippen LogP contribution in [-0.4, -0.2) is 37.2 Å². The summed E-state index contributed by atoms with van der Waals surface area (Å²) >= 11 is 0. The van der Waals surface area contributed by atoms with Gasteiger partial charge in [-0.05, 0) is 32.1 Å². The van der Waals surface area contributed by atoms with E-state index in [4.69, 9.17) is 9.84 Å². The summed E-state index contributed by atoms with van der Waals surface area (Å²) in [6, 6.07) is 0. The predicted molar refractivity (Wildman–Crippen MR) is 67.2 cm³/mol. The van der Waals surface area contributed by atoms with E-state index in [0.717, 1.165) is 24.8 Å². The first-order valence-corrected chi connectivity index (χ1v) is 6.32. The molecule has 18 heavy (non-hydrogen) atoms. The first kappa shape index (κ1) is 14.7. The minimum atomic E-state index is -0.896. The van der Waals surface area contributed by atoms with Gasteiger partial charge < -0.3 is 15.2 Å². The summed E-state index contributed by atoms with van der Waals surface area (Å²) in [4.78, 5) is 22.3. The molecule has 5 nitrogen and oxygen atoms in total. The lowest BCUT2D eigenvalue weighted by Crippen LogP contribution is -2.33. The molecule has 1 aliphatic rings. The fourth-order valence-corrected chi connectivity index (χ4v) is 2.14. The van der Waals surface area contributed by atoms with E-state index < -0.39 is 5.97 Å². The average Bonchev–Trinajstić information content (AvgIpc) is 2.34. The SMILES string of the molecule is COCCCNC(=O)C1CCC(=CC(=O)O)CC1. The molecular weight excluding hydrogens is 234 g/mol. The second kappa shape index (κ2) is 7.87. The fourth-order valence-electron chi connectivity index (χ4n) is 2.14. The Morgan fingerprint density at radius 2 is 2.11 bits per heavy atom. The van der Waals surface area contributed by atoms with Gasteiger partial charge in [-0.2, -0.15) is 0 Å². The van der Waals surface area contributed by atoms with Crippen molar-refractivity contribution < 1.29 is 19.4 Å². The van der Waals surface area contributed by atoms with Crippen molar-refractivity contribution in [3.8, 4) is 0 Å². The summed E-state index contributed by atoms with van der Waals surface area (Å²) in [6.45, 7) is 1.29. The second-order valence-electron chi connectivity index (χ2n) is 4.55. The summed E-state index contributed by atoms with van der Waals surface area (Å²) in [5, 5.41) is 11.5. The molecule has 0 atom stereocenters. The largest absolute Gasteiger partial charge is 0.478 e. The summed E-state index contributed by atoms with van der Waals surface area (Å²) in [5.41, 5.74) is 0.936. The van der Waals surface area contributed by atoms with Gasteiger partial charge in [0.15, 0.2) is 0 Å². The highest BCUT2D eigenvalue weighted by molar-refractivity contribution is 5.81. The molecule has 0 bridgehead atoms. The third-order valence-corrected chi connectivity index (χ3v) is 3.15. The monoisotopic (exact) mass is 255 g/mol. The second-order valence-corrected chi connectivity index (χ2v) is 4.55. The standard InChI is InChI=1S/C13H21NO4/c1-18-8-2-7-14-13(17)11-5-3-10(4-6-11)9-12(15)16/h9,11H,2-8H2,1H3,(H,14,17)(H,15,16). The van der Waals surface area contributed by atoms with Crippen molar-refractivity contribution >= 4 is 11.9 Å². The number of aliphatic carboxylic acids is 1. The maximum atomic E-state index is 11.8.